The van der Waals surface area contributed by atoms with Crippen LogP contribution in [-0.2, 0) is 17.8 Å². The fraction of sp³-hybridized carbons (Fsp3) is 0.286. The van der Waals surface area contributed by atoms with Crippen LogP contribution in [0.3, 0.4) is 0 Å². The highest BCUT2D eigenvalue weighted by molar-refractivity contribution is 5.94. The Morgan fingerprint density at radius 3 is 2.25 bits per heavy atom. The van der Waals surface area contributed by atoms with Gasteiger partial charge in [0.15, 0.2) is 0 Å². The Morgan fingerprint density at radius 1 is 0.972 bits per heavy atom. The van der Waals surface area contributed by atoms with E-state index in [2.05, 4.69) is 5.32 Å². The van der Waals surface area contributed by atoms with Crippen molar-refractivity contribution in [1.82, 2.24) is 4.90 Å². The number of amides is 2. The van der Waals surface area contributed by atoms with Crippen molar-refractivity contribution in [1.29, 1.82) is 0 Å². The Hall–Kier alpha value is -3.78. The molecule has 0 saturated carbocycles. The number of hydrogen-bond acceptors (Lipinski definition) is 4. The second-order valence-corrected chi connectivity index (χ2v) is 9.46. The van der Waals surface area contributed by atoms with Gasteiger partial charge in [0.1, 0.15) is 17.4 Å². The highest BCUT2D eigenvalue weighted by atomic mass is 19.1. The lowest BCUT2D eigenvalue weighted by Crippen LogP contribution is -2.41. The van der Waals surface area contributed by atoms with E-state index < -0.39 is 23.0 Å². The van der Waals surface area contributed by atoms with Crippen molar-refractivity contribution in [2.45, 2.75) is 26.8 Å². The molecule has 0 aromatic heterocycles. The van der Waals surface area contributed by atoms with Crippen molar-refractivity contribution in [2.24, 2.45) is 11.1 Å². The lowest BCUT2D eigenvalue weighted by atomic mass is 9.92. The molecule has 6 nitrogen and oxygen atoms in total. The molecule has 3 aromatic carbocycles. The molecule has 0 saturated heterocycles. The Labute approximate surface area is 210 Å². The first-order chi connectivity index (χ1) is 17.1. The fourth-order valence-corrected chi connectivity index (χ4v) is 3.74. The molecule has 36 heavy (non-hydrogen) atoms. The van der Waals surface area contributed by atoms with Crippen LogP contribution < -0.4 is 15.8 Å². The van der Waals surface area contributed by atoms with Gasteiger partial charge in [-0.1, -0.05) is 38.1 Å². The number of rotatable bonds is 10. The van der Waals surface area contributed by atoms with Crippen LogP contribution in [0.1, 0.15) is 35.3 Å². The third-order valence-electron chi connectivity index (χ3n) is 5.68. The third kappa shape index (κ3) is 7.61. The van der Waals surface area contributed by atoms with Crippen LogP contribution in [0, 0.1) is 17.0 Å². The zero-order valence-electron chi connectivity index (χ0n) is 20.7. The number of carbonyl (C=O) groups is 2. The fourth-order valence-electron chi connectivity index (χ4n) is 3.74. The number of anilines is 1. The van der Waals surface area contributed by atoms with Crippen molar-refractivity contribution in [3.05, 3.63) is 95.1 Å². The summed E-state index contributed by atoms with van der Waals surface area (Å²) in [5, 5.41) is 2.88. The maximum absolute atomic E-state index is 13.8. The predicted molar refractivity (Wildman–Crippen MR) is 136 cm³/mol. The summed E-state index contributed by atoms with van der Waals surface area (Å²) in [6.45, 7) is 4.58. The zero-order valence-corrected chi connectivity index (χ0v) is 20.7. The van der Waals surface area contributed by atoms with Crippen LogP contribution in [0.4, 0.5) is 14.5 Å². The van der Waals surface area contributed by atoms with E-state index in [-0.39, 0.29) is 31.0 Å². The number of nitrogens with one attached hydrogen (secondary N) is 1. The summed E-state index contributed by atoms with van der Waals surface area (Å²) < 4.78 is 32.7. The molecule has 2 amide bonds. The van der Waals surface area contributed by atoms with Crippen molar-refractivity contribution >= 4 is 17.5 Å². The molecular weight excluding hydrogens is 464 g/mol. The minimum atomic E-state index is -0.821. The smallest absolute Gasteiger partial charge is 0.254 e. The molecule has 0 heterocycles. The quantitative estimate of drug-likeness (QED) is 0.424. The summed E-state index contributed by atoms with van der Waals surface area (Å²) in [5.74, 6) is -1.63. The molecule has 0 aliphatic carbocycles. The summed E-state index contributed by atoms with van der Waals surface area (Å²) in [6, 6.07) is 17.1. The number of methoxy groups -OCH3 is 1. The lowest BCUT2D eigenvalue weighted by molar-refractivity contribution is -0.115. The molecule has 0 radical (unpaired) electrons. The second-order valence-electron chi connectivity index (χ2n) is 9.46. The van der Waals surface area contributed by atoms with Gasteiger partial charge in [-0.25, -0.2) is 8.78 Å². The highest BCUT2D eigenvalue weighted by Crippen LogP contribution is 2.22. The van der Waals surface area contributed by atoms with E-state index in [1.165, 1.54) is 4.90 Å². The molecule has 0 aliphatic rings. The first kappa shape index (κ1) is 26.8. The number of carbonyl (C=O) groups excluding carboxylic acids is 2. The summed E-state index contributed by atoms with van der Waals surface area (Å²) in [5.41, 5.74) is 7.54. The van der Waals surface area contributed by atoms with E-state index in [1.807, 2.05) is 32.0 Å². The molecule has 0 atom stereocenters. The number of hydrogen-bond donors (Lipinski definition) is 2. The van der Waals surface area contributed by atoms with Gasteiger partial charge < -0.3 is 20.7 Å². The standard InChI is InChI=1S/C28H31F2N3O3/c1-28(2,17-31)18-33(27(35)21-13-22(29)15-23(30)14-21)16-20-5-4-6-24(11-20)32-26(34)12-19-7-9-25(36-3)10-8-19/h4-11,13-15H,12,16-18,31H2,1-3H3,(H,32,34). The number of benzene rings is 3. The van der Waals surface area contributed by atoms with Crippen LogP contribution in [0.25, 0.3) is 0 Å². The topological polar surface area (TPSA) is 84.7 Å². The Kier molecular flexibility index (Phi) is 8.77. The second kappa shape index (κ2) is 11.8. The molecule has 0 unspecified atom stereocenters. The van der Waals surface area contributed by atoms with Gasteiger partial charge in [-0.05, 0) is 59.5 Å². The van der Waals surface area contributed by atoms with Crippen molar-refractivity contribution in [2.75, 3.05) is 25.5 Å². The average molecular weight is 496 g/mol. The monoisotopic (exact) mass is 495 g/mol. The van der Waals surface area contributed by atoms with Gasteiger partial charge in [-0.3, -0.25) is 9.59 Å². The first-order valence-corrected chi connectivity index (χ1v) is 11.6. The normalized spacial score (nSPS) is 11.2. The Balaban J connectivity index is 1.76. The van der Waals surface area contributed by atoms with Crippen LogP contribution in [0.15, 0.2) is 66.7 Å². The molecule has 0 fully saturated rings. The van der Waals surface area contributed by atoms with Crippen LogP contribution in [0.5, 0.6) is 5.75 Å². The molecule has 3 rings (SSSR count). The average Bonchev–Trinajstić information content (AvgIpc) is 2.83. The van der Waals surface area contributed by atoms with E-state index in [9.17, 15) is 18.4 Å². The van der Waals surface area contributed by atoms with E-state index >= 15 is 0 Å². The maximum atomic E-state index is 13.8. The molecule has 3 aromatic rings. The van der Waals surface area contributed by atoms with Gasteiger partial charge in [-0.15, -0.1) is 0 Å². The Morgan fingerprint density at radius 2 is 1.64 bits per heavy atom. The summed E-state index contributed by atoms with van der Waals surface area (Å²) in [4.78, 5) is 27.3. The predicted octanol–water partition coefficient (Wildman–Crippen LogP) is 4.78. The van der Waals surface area contributed by atoms with E-state index in [1.54, 1.807) is 37.4 Å². The van der Waals surface area contributed by atoms with Gasteiger partial charge in [0, 0.05) is 30.4 Å². The van der Waals surface area contributed by atoms with Crippen LogP contribution in [-0.4, -0.2) is 36.9 Å². The molecule has 190 valence electrons. The largest absolute Gasteiger partial charge is 0.497 e. The molecule has 8 heteroatoms. The third-order valence-corrected chi connectivity index (χ3v) is 5.68. The minimum absolute atomic E-state index is 0.0794. The van der Waals surface area contributed by atoms with Crippen molar-refractivity contribution in [3.8, 4) is 5.75 Å². The number of halogens is 2. The van der Waals surface area contributed by atoms with Crippen LogP contribution in [0.2, 0.25) is 0 Å². The van der Waals surface area contributed by atoms with E-state index in [4.69, 9.17) is 10.5 Å². The van der Waals surface area contributed by atoms with E-state index in [0.717, 1.165) is 29.3 Å². The highest BCUT2D eigenvalue weighted by Gasteiger charge is 2.25. The van der Waals surface area contributed by atoms with Gasteiger partial charge in [-0.2, -0.15) is 0 Å². The molecule has 0 spiro atoms. The van der Waals surface area contributed by atoms with Gasteiger partial charge in [0.05, 0.1) is 13.5 Å². The Bertz CT molecular complexity index is 1190. The van der Waals surface area contributed by atoms with Gasteiger partial charge in [0.2, 0.25) is 5.91 Å². The zero-order chi connectivity index (χ0) is 26.3. The van der Waals surface area contributed by atoms with Crippen molar-refractivity contribution < 1.29 is 23.1 Å². The van der Waals surface area contributed by atoms with Crippen molar-refractivity contribution in [3.63, 3.8) is 0 Å². The number of nitrogens with two attached hydrogens (primary N) is 1. The molecular formula is C28H31F2N3O3. The number of ether oxygens (including phenoxy) is 1. The molecule has 0 aliphatic heterocycles. The maximum Gasteiger partial charge on any atom is 0.254 e. The van der Waals surface area contributed by atoms with Gasteiger partial charge >= 0.3 is 0 Å². The summed E-state index contributed by atoms with van der Waals surface area (Å²) in [6.07, 6.45) is 0.189. The van der Waals surface area contributed by atoms with Gasteiger partial charge in [0.25, 0.3) is 5.91 Å². The first-order valence-electron chi connectivity index (χ1n) is 11.6. The molecule has 3 N–H and O–H groups in total. The minimum Gasteiger partial charge on any atom is -0.497 e. The SMILES string of the molecule is COc1ccc(CC(=O)Nc2cccc(CN(CC(C)(C)CN)C(=O)c3cc(F)cc(F)c3)c2)cc1. The molecule has 0 bridgehead atoms. The summed E-state index contributed by atoms with van der Waals surface area (Å²) in [7, 11) is 1.58. The van der Waals surface area contributed by atoms with E-state index in [0.29, 0.717) is 18.0 Å². The summed E-state index contributed by atoms with van der Waals surface area (Å²) >= 11 is 0. The number of nitrogens with zero attached hydrogens (tertiary/aromatic N) is 1. The van der Waals surface area contributed by atoms with Crippen LogP contribution >= 0.6 is 0 Å². The lowest BCUT2D eigenvalue weighted by Gasteiger charge is -2.32.